The van der Waals surface area contributed by atoms with Crippen molar-refractivity contribution in [2.45, 2.75) is 0 Å². The molecule has 10 aromatic rings. The monoisotopic (exact) mass is 651 g/mol. The van der Waals surface area contributed by atoms with Crippen LogP contribution in [0.4, 0.5) is 0 Å². The maximum atomic E-state index is 6.67. The Morgan fingerprint density at radius 3 is 1.82 bits per heavy atom. The molecule has 51 heavy (non-hydrogen) atoms. The molecular weight excluding hydrogens is 623 g/mol. The first-order valence-corrected chi connectivity index (χ1v) is 17.1. The summed E-state index contributed by atoms with van der Waals surface area (Å²) in [7, 11) is 0. The van der Waals surface area contributed by atoms with Gasteiger partial charge in [0.2, 0.25) is 0 Å². The van der Waals surface area contributed by atoms with Crippen LogP contribution in [-0.2, 0) is 0 Å². The van der Waals surface area contributed by atoms with E-state index in [1.165, 1.54) is 21.9 Å². The van der Waals surface area contributed by atoms with Crippen LogP contribution >= 0.6 is 0 Å². The van der Waals surface area contributed by atoms with Gasteiger partial charge in [0.05, 0.1) is 28.0 Å². The smallest absolute Gasteiger partial charge is 0.160 e. The topological polar surface area (TPSA) is 51.8 Å². The number of fused-ring (bicyclic) bond motifs is 6. The van der Waals surface area contributed by atoms with Crippen molar-refractivity contribution in [3.8, 4) is 56.3 Å². The Hall–Kier alpha value is -6.91. The van der Waals surface area contributed by atoms with Gasteiger partial charge in [0, 0.05) is 33.0 Å². The molecule has 0 fully saturated rings. The maximum Gasteiger partial charge on any atom is 0.160 e. The Bertz CT molecular complexity index is 2830. The van der Waals surface area contributed by atoms with Gasteiger partial charge in [-0.2, -0.15) is 0 Å². The number of rotatable bonds is 5. The van der Waals surface area contributed by atoms with Crippen molar-refractivity contribution in [3.05, 3.63) is 176 Å². The minimum atomic E-state index is 0.682. The number of aromatic nitrogens is 3. The highest BCUT2D eigenvalue weighted by Gasteiger charge is 2.19. The molecule has 0 saturated carbocycles. The van der Waals surface area contributed by atoms with Gasteiger partial charge in [0.1, 0.15) is 11.2 Å². The van der Waals surface area contributed by atoms with Crippen LogP contribution < -0.4 is 0 Å². The van der Waals surface area contributed by atoms with Gasteiger partial charge in [0.25, 0.3) is 0 Å². The zero-order valence-corrected chi connectivity index (χ0v) is 27.5. The SMILES string of the molecule is c1ccc(-c2cc(-c3ccc4nc(-c5ccc(-c6cccc7ccccc67)cc5)c5c6ccccc6oc5c4c3)nc(-c3ccccc3)n2)cc1. The molecule has 0 saturated heterocycles. The number of pyridine rings is 1. The van der Waals surface area contributed by atoms with E-state index in [1.807, 2.05) is 60.7 Å². The summed E-state index contributed by atoms with van der Waals surface area (Å²) in [6.45, 7) is 0. The summed E-state index contributed by atoms with van der Waals surface area (Å²) in [6, 6.07) is 60.8. The molecule has 0 atom stereocenters. The van der Waals surface area contributed by atoms with E-state index in [0.717, 1.165) is 72.2 Å². The van der Waals surface area contributed by atoms with E-state index in [4.69, 9.17) is 19.4 Å². The lowest BCUT2D eigenvalue weighted by Crippen LogP contribution is -1.96. The minimum Gasteiger partial charge on any atom is -0.455 e. The lowest BCUT2D eigenvalue weighted by Gasteiger charge is -2.12. The molecule has 10 rings (SSSR count). The standard InChI is InChI=1S/C47H29N3O/c1-3-13-32(14-4-1)41-29-42(50-47(49-41)34-15-5-2-6-16-34)35-26-27-40-39(28-35)46-44(38-19-9-10-21-43(38)51-46)45(48-40)33-24-22-31(23-25-33)37-20-11-17-30-12-7-8-18-36(30)37/h1-29H. The molecule has 0 aliphatic rings. The maximum absolute atomic E-state index is 6.67. The van der Waals surface area contributed by atoms with Gasteiger partial charge in [0.15, 0.2) is 5.82 Å². The molecule has 4 nitrogen and oxygen atoms in total. The van der Waals surface area contributed by atoms with Crippen molar-refractivity contribution in [2.75, 3.05) is 0 Å². The molecule has 0 aliphatic carbocycles. The molecule has 0 N–H and O–H groups in total. The summed E-state index contributed by atoms with van der Waals surface area (Å²) in [5.74, 6) is 0.682. The predicted octanol–water partition coefficient (Wildman–Crippen LogP) is 12.4. The van der Waals surface area contributed by atoms with Crippen LogP contribution in [0.1, 0.15) is 0 Å². The number of benzene rings is 7. The summed E-state index contributed by atoms with van der Waals surface area (Å²) in [6.07, 6.45) is 0. The van der Waals surface area contributed by atoms with Gasteiger partial charge in [-0.15, -0.1) is 0 Å². The molecule has 0 amide bonds. The van der Waals surface area contributed by atoms with Crippen molar-refractivity contribution in [3.63, 3.8) is 0 Å². The Morgan fingerprint density at radius 2 is 1.02 bits per heavy atom. The molecule has 0 radical (unpaired) electrons. The third-order valence-corrected chi connectivity index (χ3v) is 9.69. The normalized spacial score (nSPS) is 11.5. The molecule has 7 aromatic carbocycles. The Kier molecular flexibility index (Phi) is 6.78. The van der Waals surface area contributed by atoms with Crippen LogP contribution in [0.5, 0.6) is 0 Å². The second-order valence-electron chi connectivity index (χ2n) is 12.8. The van der Waals surface area contributed by atoms with Crippen LogP contribution in [0.15, 0.2) is 180 Å². The lowest BCUT2D eigenvalue weighted by atomic mass is 9.96. The summed E-state index contributed by atoms with van der Waals surface area (Å²) in [4.78, 5) is 15.4. The zero-order valence-electron chi connectivity index (χ0n) is 27.5. The molecule has 238 valence electrons. The Labute approximate surface area is 294 Å². The van der Waals surface area contributed by atoms with E-state index in [0.29, 0.717) is 5.82 Å². The fraction of sp³-hybridized carbons (Fsp3) is 0. The molecular formula is C47H29N3O. The highest BCUT2D eigenvalue weighted by molar-refractivity contribution is 6.19. The second-order valence-corrected chi connectivity index (χ2v) is 12.8. The first kappa shape index (κ1) is 29.0. The fourth-order valence-electron chi connectivity index (χ4n) is 7.18. The third-order valence-electron chi connectivity index (χ3n) is 9.69. The third kappa shape index (κ3) is 5.04. The van der Waals surface area contributed by atoms with Gasteiger partial charge in [-0.05, 0) is 46.2 Å². The van der Waals surface area contributed by atoms with E-state index in [9.17, 15) is 0 Å². The molecule has 0 aliphatic heterocycles. The number of nitrogens with zero attached hydrogens (tertiary/aromatic N) is 3. The van der Waals surface area contributed by atoms with Crippen LogP contribution in [-0.4, -0.2) is 15.0 Å². The van der Waals surface area contributed by atoms with Crippen molar-refractivity contribution in [1.29, 1.82) is 0 Å². The lowest BCUT2D eigenvalue weighted by molar-refractivity contribution is 0.672. The number of furan rings is 1. The Morgan fingerprint density at radius 1 is 0.392 bits per heavy atom. The molecule has 0 spiro atoms. The van der Waals surface area contributed by atoms with E-state index < -0.39 is 0 Å². The van der Waals surface area contributed by atoms with Crippen molar-refractivity contribution >= 4 is 43.6 Å². The van der Waals surface area contributed by atoms with Crippen molar-refractivity contribution in [1.82, 2.24) is 15.0 Å². The van der Waals surface area contributed by atoms with Crippen LogP contribution in [0.3, 0.4) is 0 Å². The van der Waals surface area contributed by atoms with Crippen LogP contribution in [0.25, 0.3) is 99.9 Å². The molecule has 4 heteroatoms. The average molecular weight is 652 g/mol. The quantitative estimate of drug-likeness (QED) is 0.186. The second kappa shape index (κ2) is 11.9. The highest BCUT2D eigenvalue weighted by atomic mass is 16.3. The minimum absolute atomic E-state index is 0.682. The van der Waals surface area contributed by atoms with Gasteiger partial charge in [-0.25, -0.2) is 15.0 Å². The molecule has 0 bridgehead atoms. The zero-order chi connectivity index (χ0) is 33.7. The molecule has 0 unspecified atom stereocenters. The van der Waals surface area contributed by atoms with E-state index >= 15 is 0 Å². The molecule has 3 aromatic heterocycles. The summed E-state index contributed by atoms with van der Waals surface area (Å²) in [5, 5.41) is 5.46. The largest absolute Gasteiger partial charge is 0.455 e. The number of hydrogen-bond acceptors (Lipinski definition) is 4. The average Bonchev–Trinajstić information content (AvgIpc) is 3.61. The van der Waals surface area contributed by atoms with E-state index in [-0.39, 0.29) is 0 Å². The Balaban J connectivity index is 1.15. The van der Waals surface area contributed by atoms with E-state index in [2.05, 4.69) is 115 Å². The van der Waals surface area contributed by atoms with Crippen LogP contribution in [0, 0.1) is 0 Å². The predicted molar refractivity (Wildman–Crippen MR) is 209 cm³/mol. The van der Waals surface area contributed by atoms with Crippen LogP contribution in [0.2, 0.25) is 0 Å². The molecule has 3 heterocycles. The summed E-state index contributed by atoms with van der Waals surface area (Å²) < 4.78 is 6.67. The van der Waals surface area contributed by atoms with Gasteiger partial charge in [-0.3, -0.25) is 0 Å². The van der Waals surface area contributed by atoms with Crippen molar-refractivity contribution in [2.24, 2.45) is 0 Å². The summed E-state index contributed by atoms with van der Waals surface area (Å²) in [5.41, 5.74) is 11.5. The van der Waals surface area contributed by atoms with Crippen molar-refractivity contribution < 1.29 is 4.42 Å². The number of hydrogen-bond donors (Lipinski definition) is 0. The number of para-hydroxylation sites is 1. The van der Waals surface area contributed by atoms with Gasteiger partial charge in [-0.1, -0.05) is 152 Å². The van der Waals surface area contributed by atoms with Gasteiger partial charge < -0.3 is 4.42 Å². The first-order chi connectivity index (χ1) is 25.3. The first-order valence-electron chi connectivity index (χ1n) is 17.1. The van der Waals surface area contributed by atoms with E-state index in [1.54, 1.807) is 0 Å². The fourth-order valence-corrected chi connectivity index (χ4v) is 7.18. The van der Waals surface area contributed by atoms with Gasteiger partial charge >= 0.3 is 0 Å². The summed E-state index contributed by atoms with van der Waals surface area (Å²) >= 11 is 0. The highest BCUT2D eigenvalue weighted by Crippen LogP contribution is 2.41.